The number of halogens is 1. The molecule has 1 saturated heterocycles. The molecule has 0 aromatic carbocycles. The minimum absolute atomic E-state index is 0.266. The molecule has 0 saturated carbocycles. The van der Waals surface area contributed by atoms with E-state index in [1.165, 1.54) is 0 Å². The number of likely N-dealkylation sites (tertiary alicyclic amines) is 1. The van der Waals surface area contributed by atoms with Crippen molar-refractivity contribution >= 4 is 18.3 Å². The van der Waals surface area contributed by atoms with Gasteiger partial charge in [0, 0.05) is 12.8 Å². The molecule has 1 aliphatic heterocycles. The van der Waals surface area contributed by atoms with Crippen molar-refractivity contribution in [3.05, 3.63) is 0 Å². The highest BCUT2D eigenvalue weighted by molar-refractivity contribution is 5.89. The van der Waals surface area contributed by atoms with Gasteiger partial charge in [0.05, 0.1) is 13.7 Å². The first kappa shape index (κ1) is 16.4. The monoisotopic (exact) mass is 289 g/mol. The highest BCUT2D eigenvalue weighted by atomic mass is 19.1. The fourth-order valence-corrected chi connectivity index (χ4v) is 2.28. The number of aldehydes is 1. The number of ether oxygens (including phenoxy) is 2. The van der Waals surface area contributed by atoms with Crippen LogP contribution in [-0.2, 0) is 19.1 Å². The number of amides is 1. The van der Waals surface area contributed by atoms with Crippen LogP contribution in [0.15, 0.2) is 0 Å². The summed E-state index contributed by atoms with van der Waals surface area (Å²) in [5.74, 6) is -0.810. The van der Waals surface area contributed by atoms with Crippen molar-refractivity contribution in [3.63, 3.8) is 0 Å². The standard InChI is InChI=1S/C13H20FNO5/c1-12(2,3)20-11(18)15-8-9(14)7-13(15,5-6-16)10(17)19-4/h6,9H,5,7-8H2,1-4H3/t9-,13+/m0/s1. The summed E-state index contributed by atoms with van der Waals surface area (Å²) in [6.45, 7) is 4.69. The molecule has 0 aromatic heterocycles. The van der Waals surface area contributed by atoms with Crippen LogP contribution in [0.4, 0.5) is 9.18 Å². The van der Waals surface area contributed by atoms with Gasteiger partial charge in [-0.1, -0.05) is 0 Å². The van der Waals surface area contributed by atoms with E-state index in [9.17, 15) is 18.8 Å². The zero-order valence-corrected chi connectivity index (χ0v) is 12.1. The molecular formula is C13H20FNO5. The fraction of sp³-hybridized carbons (Fsp3) is 0.769. The topological polar surface area (TPSA) is 72.9 Å². The second kappa shape index (κ2) is 5.76. The number of methoxy groups -OCH3 is 1. The molecule has 1 fully saturated rings. The Hall–Kier alpha value is -1.66. The number of hydrogen-bond acceptors (Lipinski definition) is 5. The van der Waals surface area contributed by atoms with Crippen molar-refractivity contribution in [1.29, 1.82) is 0 Å². The van der Waals surface area contributed by atoms with Crippen molar-refractivity contribution in [1.82, 2.24) is 4.90 Å². The smallest absolute Gasteiger partial charge is 0.411 e. The van der Waals surface area contributed by atoms with Crippen molar-refractivity contribution in [3.8, 4) is 0 Å². The molecule has 0 radical (unpaired) electrons. The van der Waals surface area contributed by atoms with Gasteiger partial charge in [-0.3, -0.25) is 4.90 Å². The molecule has 0 spiro atoms. The minimum atomic E-state index is -1.61. The van der Waals surface area contributed by atoms with Crippen LogP contribution in [0.3, 0.4) is 0 Å². The zero-order chi connectivity index (χ0) is 15.6. The van der Waals surface area contributed by atoms with Gasteiger partial charge in [0.2, 0.25) is 0 Å². The van der Waals surface area contributed by atoms with Crippen LogP contribution < -0.4 is 0 Å². The zero-order valence-electron chi connectivity index (χ0n) is 12.1. The van der Waals surface area contributed by atoms with Gasteiger partial charge >= 0.3 is 12.1 Å². The highest BCUT2D eigenvalue weighted by Crippen LogP contribution is 2.36. The van der Waals surface area contributed by atoms with Crippen LogP contribution in [0.25, 0.3) is 0 Å². The summed E-state index contributed by atoms with van der Waals surface area (Å²) in [5.41, 5.74) is -2.40. The predicted octanol–water partition coefficient (Wildman–Crippen LogP) is 1.47. The Labute approximate surface area is 117 Å². The van der Waals surface area contributed by atoms with Gasteiger partial charge < -0.3 is 14.3 Å². The predicted molar refractivity (Wildman–Crippen MR) is 67.9 cm³/mol. The Morgan fingerprint density at radius 2 is 2.05 bits per heavy atom. The van der Waals surface area contributed by atoms with E-state index < -0.39 is 29.4 Å². The molecule has 2 atom stereocenters. The van der Waals surface area contributed by atoms with Crippen LogP contribution >= 0.6 is 0 Å². The van der Waals surface area contributed by atoms with Crippen LogP contribution in [-0.4, -0.2) is 54.2 Å². The van der Waals surface area contributed by atoms with E-state index in [0.717, 1.165) is 12.0 Å². The summed E-state index contributed by atoms with van der Waals surface area (Å²) in [7, 11) is 1.13. The third-order valence-electron chi connectivity index (χ3n) is 3.06. The molecule has 114 valence electrons. The Kier molecular flexibility index (Phi) is 4.73. The Balaban J connectivity index is 3.09. The largest absolute Gasteiger partial charge is 0.467 e. The molecule has 0 unspecified atom stereocenters. The second-order valence-electron chi connectivity index (χ2n) is 5.79. The Morgan fingerprint density at radius 3 is 2.50 bits per heavy atom. The van der Waals surface area contributed by atoms with E-state index in [1.54, 1.807) is 20.8 Å². The van der Waals surface area contributed by atoms with Gasteiger partial charge in [-0.25, -0.2) is 14.0 Å². The normalized spacial score (nSPS) is 26.2. The molecular weight excluding hydrogens is 269 g/mol. The van der Waals surface area contributed by atoms with Gasteiger partial charge in [0.25, 0.3) is 0 Å². The Morgan fingerprint density at radius 1 is 1.45 bits per heavy atom. The van der Waals surface area contributed by atoms with Gasteiger partial charge in [-0.05, 0) is 20.8 Å². The van der Waals surface area contributed by atoms with E-state index in [2.05, 4.69) is 4.74 Å². The minimum Gasteiger partial charge on any atom is -0.467 e. The van der Waals surface area contributed by atoms with Crippen molar-refractivity contribution in [2.24, 2.45) is 0 Å². The average molecular weight is 289 g/mol. The van der Waals surface area contributed by atoms with E-state index >= 15 is 0 Å². The molecule has 0 bridgehead atoms. The first-order chi connectivity index (χ1) is 9.16. The Bertz CT molecular complexity index is 406. The molecule has 20 heavy (non-hydrogen) atoms. The summed E-state index contributed by atoms with van der Waals surface area (Å²) in [6.07, 6.45) is -2.34. The molecule has 0 N–H and O–H groups in total. The summed E-state index contributed by atoms with van der Waals surface area (Å²) >= 11 is 0. The first-order valence-electron chi connectivity index (χ1n) is 6.33. The van der Waals surface area contributed by atoms with Crippen LogP contribution in [0, 0.1) is 0 Å². The lowest BCUT2D eigenvalue weighted by atomic mass is 9.92. The number of alkyl halides is 1. The lowest BCUT2D eigenvalue weighted by molar-refractivity contribution is -0.154. The summed E-state index contributed by atoms with van der Waals surface area (Å²) in [5, 5.41) is 0. The highest BCUT2D eigenvalue weighted by Gasteiger charge is 2.55. The van der Waals surface area contributed by atoms with Gasteiger partial charge in [-0.15, -0.1) is 0 Å². The number of nitrogens with zero attached hydrogens (tertiary/aromatic N) is 1. The van der Waals surface area contributed by atoms with E-state index in [1.807, 2.05) is 0 Å². The number of esters is 1. The molecule has 1 amide bonds. The van der Waals surface area contributed by atoms with Gasteiger partial charge in [0.1, 0.15) is 18.1 Å². The molecule has 7 heteroatoms. The lowest BCUT2D eigenvalue weighted by Gasteiger charge is -2.35. The van der Waals surface area contributed by atoms with Gasteiger partial charge in [-0.2, -0.15) is 0 Å². The SMILES string of the molecule is COC(=O)[C@@]1(CC=O)C[C@H](F)CN1C(=O)OC(C)(C)C. The average Bonchev–Trinajstić information content (AvgIpc) is 2.65. The van der Waals surface area contributed by atoms with Crippen LogP contribution in [0.2, 0.25) is 0 Å². The summed E-state index contributed by atoms with van der Waals surface area (Å²) in [4.78, 5) is 35.9. The molecule has 1 heterocycles. The molecule has 1 aliphatic rings. The van der Waals surface area contributed by atoms with Crippen LogP contribution in [0.1, 0.15) is 33.6 Å². The number of carbonyl (C=O) groups excluding carboxylic acids is 3. The van der Waals surface area contributed by atoms with Crippen molar-refractivity contribution in [2.75, 3.05) is 13.7 Å². The first-order valence-corrected chi connectivity index (χ1v) is 6.33. The molecule has 0 aliphatic carbocycles. The van der Waals surface area contributed by atoms with Crippen LogP contribution in [0.5, 0.6) is 0 Å². The van der Waals surface area contributed by atoms with E-state index in [0.29, 0.717) is 6.29 Å². The van der Waals surface area contributed by atoms with E-state index in [4.69, 9.17) is 4.74 Å². The maximum absolute atomic E-state index is 13.7. The fourth-order valence-electron chi connectivity index (χ4n) is 2.28. The van der Waals surface area contributed by atoms with E-state index in [-0.39, 0.29) is 19.4 Å². The van der Waals surface area contributed by atoms with Crippen molar-refractivity contribution in [2.45, 2.75) is 50.9 Å². The van der Waals surface area contributed by atoms with Crippen molar-refractivity contribution < 1.29 is 28.2 Å². The molecule has 0 aromatic rings. The number of rotatable bonds is 3. The second-order valence-corrected chi connectivity index (χ2v) is 5.79. The lowest BCUT2D eigenvalue weighted by Crippen LogP contribution is -2.55. The quantitative estimate of drug-likeness (QED) is 0.581. The molecule has 6 nitrogen and oxygen atoms in total. The summed E-state index contributed by atoms with van der Waals surface area (Å²) in [6, 6.07) is 0. The third kappa shape index (κ3) is 3.26. The third-order valence-corrected chi connectivity index (χ3v) is 3.06. The maximum Gasteiger partial charge on any atom is 0.411 e. The molecule has 1 rings (SSSR count). The summed E-state index contributed by atoms with van der Waals surface area (Å²) < 4.78 is 23.5. The maximum atomic E-state index is 13.7. The van der Waals surface area contributed by atoms with Gasteiger partial charge in [0.15, 0.2) is 5.54 Å². The number of hydrogen-bond donors (Lipinski definition) is 0. The number of carbonyl (C=O) groups is 3.